The molecule has 84 valence electrons. The Hall–Kier alpha value is -1.62. The molecule has 0 aliphatic rings. The lowest BCUT2D eigenvalue weighted by Gasteiger charge is -2.08. The molecule has 0 fully saturated rings. The van der Waals surface area contributed by atoms with Crippen LogP contribution in [-0.4, -0.2) is 9.55 Å². The van der Waals surface area contributed by atoms with E-state index in [-0.39, 0.29) is 5.69 Å². The first kappa shape index (κ1) is 10.9. The monoisotopic (exact) mass is 236 g/mol. The SMILES string of the molecule is CCCn1c(-c2ccco2)cc(=S)[nH]c1=O. The number of furan rings is 1. The Morgan fingerprint density at radius 2 is 2.38 bits per heavy atom. The van der Waals surface area contributed by atoms with Crippen molar-refractivity contribution in [1.29, 1.82) is 0 Å². The third-order valence-electron chi connectivity index (χ3n) is 2.25. The Kier molecular flexibility index (Phi) is 3.05. The first-order valence-corrected chi connectivity index (χ1v) is 5.51. The summed E-state index contributed by atoms with van der Waals surface area (Å²) in [6.07, 6.45) is 2.45. The van der Waals surface area contributed by atoms with Crippen LogP contribution in [0.4, 0.5) is 0 Å². The van der Waals surface area contributed by atoms with E-state index in [4.69, 9.17) is 16.6 Å². The number of aromatic nitrogens is 2. The van der Waals surface area contributed by atoms with Gasteiger partial charge in [0, 0.05) is 12.6 Å². The van der Waals surface area contributed by atoms with E-state index in [0.717, 1.165) is 12.1 Å². The second-order valence-corrected chi connectivity index (χ2v) is 3.89. The van der Waals surface area contributed by atoms with E-state index < -0.39 is 0 Å². The van der Waals surface area contributed by atoms with Crippen LogP contribution < -0.4 is 5.69 Å². The van der Waals surface area contributed by atoms with Gasteiger partial charge in [0.2, 0.25) is 0 Å². The fraction of sp³-hybridized carbons (Fsp3) is 0.273. The zero-order valence-corrected chi connectivity index (χ0v) is 9.71. The highest BCUT2D eigenvalue weighted by molar-refractivity contribution is 7.71. The van der Waals surface area contributed by atoms with E-state index in [2.05, 4.69) is 4.98 Å². The smallest absolute Gasteiger partial charge is 0.327 e. The molecule has 0 saturated heterocycles. The largest absolute Gasteiger partial charge is 0.463 e. The first-order chi connectivity index (χ1) is 7.72. The van der Waals surface area contributed by atoms with Gasteiger partial charge in [0.15, 0.2) is 5.76 Å². The van der Waals surface area contributed by atoms with Crippen molar-refractivity contribution in [2.45, 2.75) is 19.9 Å². The van der Waals surface area contributed by atoms with Crippen molar-refractivity contribution in [3.63, 3.8) is 0 Å². The van der Waals surface area contributed by atoms with E-state index in [1.807, 2.05) is 13.0 Å². The summed E-state index contributed by atoms with van der Waals surface area (Å²) in [7, 11) is 0. The van der Waals surface area contributed by atoms with Crippen molar-refractivity contribution in [3.05, 3.63) is 39.6 Å². The minimum absolute atomic E-state index is 0.194. The molecule has 0 aliphatic carbocycles. The van der Waals surface area contributed by atoms with Crippen molar-refractivity contribution >= 4 is 12.2 Å². The van der Waals surface area contributed by atoms with Crippen LogP contribution in [0.1, 0.15) is 13.3 Å². The first-order valence-electron chi connectivity index (χ1n) is 5.10. The summed E-state index contributed by atoms with van der Waals surface area (Å²) in [5.74, 6) is 0.658. The minimum atomic E-state index is -0.194. The molecule has 0 amide bonds. The Bertz CT molecular complexity index is 581. The maximum absolute atomic E-state index is 11.7. The second-order valence-electron chi connectivity index (χ2n) is 3.45. The van der Waals surface area contributed by atoms with Gasteiger partial charge in [-0.3, -0.25) is 9.55 Å². The van der Waals surface area contributed by atoms with Gasteiger partial charge in [-0.1, -0.05) is 19.1 Å². The van der Waals surface area contributed by atoms with E-state index in [9.17, 15) is 4.79 Å². The molecule has 2 aromatic rings. The van der Waals surface area contributed by atoms with Crippen LogP contribution in [0.15, 0.2) is 33.7 Å². The van der Waals surface area contributed by atoms with E-state index in [1.165, 1.54) is 0 Å². The summed E-state index contributed by atoms with van der Waals surface area (Å²) in [5, 5.41) is 0. The van der Waals surface area contributed by atoms with Gasteiger partial charge in [-0.2, -0.15) is 0 Å². The minimum Gasteiger partial charge on any atom is -0.463 e. The molecule has 4 nitrogen and oxygen atoms in total. The predicted octanol–water partition coefficient (Wildman–Crippen LogP) is 2.58. The van der Waals surface area contributed by atoms with Crippen molar-refractivity contribution in [2.24, 2.45) is 0 Å². The molecule has 0 unspecified atom stereocenters. The molecule has 0 aliphatic heterocycles. The lowest BCUT2D eigenvalue weighted by Crippen LogP contribution is -2.24. The van der Waals surface area contributed by atoms with Crippen LogP contribution in [0.2, 0.25) is 0 Å². The standard InChI is InChI=1S/C11H12N2O2S/c1-2-5-13-8(9-4-3-6-15-9)7-10(16)12-11(13)14/h3-4,6-7H,2,5H2,1H3,(H,12,14,16). The van der Waals surface area contributed by atoms with Crippen LogP contribution >= 0.6 is 12.2 Å². The number of hydrogen-bond acceptors (Lipinski definition) is 3. The zero-order valence-electron chi connectivity index (χ0n) is 8.90. The molecular weight excluding hydrogens is 224 g/mol. The van der Waals surface area contributed by atoms with Crippen LogP contribution in [0, 0.1) is 4.64 Å². The normalized spacial score (nSPS) is 10.6. The van der Waals surface area contributed by atoms with Gasteiger partial charge in [-0.25, -0.2) is 4.79 Å². The molecule has 0 radical (unpaired) electrons. The molecular formula is C11H12N2O2S. The molecule has 0 aromatic carbocycles. The van der Waals surface area contributed by atoms with Gasteiger partial charge in [0.25, 0.3) is 0 Å². The van der Waals surface area contributed by atoms with E-state index in [0.29, 0.717) is 16.9 Å². The molecule has 0 atom stereocenters. The average Bonchev–Trinajstić information content (AvgIpc) is 2.75. The summed E-state index contributed by atoms with van der Waals surface area (Å²) < 4.78 is 7.35. The Labute approximate surface area is 97.5 Å². The number of hydrogen-bond donors (Lipinski definition) is 1. The number of nitrogens with zero attached hydrogens (tertiary/aromatic N) is 1. The topological polar surface area (TPSA) is 50.9 Å². The molecule has 16 heavy (non-hydrogen) atoms. The molecule has 5 heteroatoms. The van der Waals surface area contributed by atoms with E-state index >= 15 is 0 Å². The summed E-state index contributed by atoms with van der Waals surface area (Å²) in [4.78, 5) is 14.4. The average molecular weight is 236 g/mol. The van der Waals surface area contributed by atoms with Gasteiger partial charge < -0.3 is 4.42 Å². The van der Waals surface area contributed by atoms with Crippen molar-refractivity contribution in [1.82, 2.24) is 9.55 Å². The van der Waals surface area contributed by atoms with Gasteiger partial charge in [0.1, 0.15) is 4.64 Å². The van der Waals surface area contributed by atoms with Crippen LogP contribution in [0.3, 0.4) is 0 Å². The fourth-order valence-electron chi connectivity index (χ4n) is 1.59. The van der Waals surface area contributed by atoms with Crippen molar-refractivity contribution in [2.75, 3.05) is 0 Å². The molecule has 0 saturated carbocycles. The predicted molar refractivity (Wildman–Crippen MR) is 63.9 cm³/mol. The maximum Gasteiger partial charge on any atom is 0.327 e. The third kappa shape index (κ3) is 1.99. The third-order valence-corrected chi connectivity index (χ3v) is 2.47. The summed E-state index contributed by atoms with van der Waals surface area (Å²) in [6.45, 7) is 2.65. The number of aromatic amines is 1. The molecule has 2 rings (SSSR count). The molecule has 1 N–H and O–H groups in total. The van der Waals surface area contributed by atoms with Crippen molar-refractivity contribution in [3.8, 4) is 11.5 Å². The number of nitrogens with one attached hydrogen (secondary N) is 1. The van der Waals surface area contributed by atoms with Gasteiger partial charge in [-0.05, 0) is 18.6 Å². The second kappa shape index (κ2) is 4.49. The number of H-pyrrole nitrogens is 1. The lowest BCUT2D eigenvalue weighted by molar-refractivity contribution is 0.561. The van der Waals surface area contributed by atoms with Crippen LogP contribution in [0.5, 0.6) is 0 Å². The zero-order chi connectivity index (χ0) is 11.5. The maximum atomic E-state index is 11.7. The van der Waals surface area contributed by atoms with Crippen LogP contribution in [-0.2, 0) is 6.54 Å². The Balaban J connectivity index is 2.67. The summed E-state index contributed by atoms with van der Waals surface area (Å²) in [6, 6.07) is 5.34. The molecule has 2 aromatic heterocycles. The highest BCUT2D eigenvalue weighted by atomic mass is 32.1. The molecule has 0 spiro atoms. The van der Waals surface area contributed by atoms with Gasteiger partial charge in [-0.15, -0.1) is 0 Å². The number of rotatable bonds is 3. The Morgan fingerprint density at radius 3 is 3.00 bits per heavy atom. The quantitative estimate of drug-likeness (QED) is 0.833. The molecule has 0 bridgehead atoms. The highest BCUT2D eigenvalue weighted by Gasteiger charge is 2.08. The van der Waals surface area contributed by atoms with Crippen molar-refractivity contribution < 1.29 is 4.42 Å². The fourth-order valence-corrected chi connectivity index (χ4v) is 1.79. The highest BCUT2D eigenvalue weighted by Crippen LogP contribution is 2.18. The summed E-state index contributed by atoms with van der Waals surface area (Å²) >= 11 is 4.99. The van der Waals surface area contributed by atoms with Crippen LogP contribution in [0.25, 0.3) is 11.5 Å². The van der Waals surface area contributed by atoms with Gasteiger partial charge >= 0.3 is 5.69 Å². The lowest BCUT2D eigenvalue weighted by atomic mass is 10.3. The van der Waals surface area contributed by atoms with E-state index in [1.54, 1.807) is 23.0 Å². The molecule has 2 heterocycles. The Morgan fingerprint density at radius 1 is 1.56 bits per heavy atom. The van der Waals surface area contributed by atoms with Gasteiger partial charge in [0.05, 0.1) is 12.0 Å². The summed E-state index contributed by atoms with van der Waals surface area (Å²) in [5.41, 5.74) is 0.529.